The van der Waals surface area contributed by atoms with Crippen LogP contribution in [0.5, 0.6) is 0 Å². The summed E-state index contributed by atoms with van der Waals surface area (Å²) in [6.07, 6.45) is 1.76. The van der Waals surface area contributed by atoms with E-state index in [0.29, 0.717) is 5.95 Å². The molecule has 0 bridgehead atoms. The summed E-state index contributed by atoms with van der Waals surface area (Å²) in [5, 5.41) is 3.21. The molecule has 1 rings (SSSR count). The predicted octanol–water partition coefficient (Wildman–Crippen LogP) is 1.80. The molecule has 0 aliphatic heterocycles. The lowest BCUT2D eigenvalue weighted by atomic mass is 10.1. The van der Waals surface area contributed by atoms with E-state index in [4.69, 9.17) is 0 Å². The first-order chi connectivity index (χ1) is 8.90. The summed E-state index contributed by atoms with van der Waals surface area (Å²) in [5.41, 5.74) is 1.93. The number of carbonyl (C=O) groups is 1. The zero-order valence-electron chi connectivity index (χ0n) is 12.5. The first kappa shape index (κ1) is 15.6. The van der Waals surface area contributed by atoms with E-state index < -0.39 is 0 Å². The molecule has 0 saturated carbocycles. The Kier molecular flexibility index (Phi) is 5.89. The second-order valence-electron chi connectivity index (χ2n) is 5.13. The van der Waals surface area contributed by atoms with Crippen LogP contribution in [0, 0.1) is 13.8 Å². The normalized spacial score (nSPS) is 12.5. The van der Waals surface area contributed by atoms with Gasteiger partial charge in [0, 0.05) is 17.9 Å². The summed E-state index contributed by atoms with van der Waals surface area (Å²) in [7, 11) is 3.87. The number of nitrogens with zero attached hydrogens (tertiary/aromatic N) is 3. The van der Waals surface area contributed by atoms with Crippen molar-refractivity contribution < 1.29 is 4.79 Å². The number of likely N-dealkylation sites (N-methyl/N-ethyl adjacent to an activating group) is 1. The largest absolute Gasteiger partial charge is 0.354 e. The molecule has 0 amide bonds. The molecule has 1 heterocycles. The fourth-order valence-corrected chi connectivity index (χ4v) is 2.13. The van der Waals surface area contributed by atoms with Crippen LogP contribution in [0.15, 0.2) is 6.07 Å². The van der Waals surface area contributed by atoms with Crippen LogP contribution in [-0.2, 0) is 4.79 Å². The molecule has 19 heavy (non-hydrogen) atoms. The number of carbonyl (C=O) groups excluding carboxylic acids is 1. The lowest BCUT2D eigenvalue weighted by Gasteiger charge is -2.21. The summed E-state index contributed by atoms with van der Waals surface area (Å²) in [6, 6.07) is 1.95. The van der Waals surface area contributed by atoms with E-state index in [1.54, 1.807) is 6.92 Å². The van der Waals surface area contributed by atoms with Gasteiger partial charge in [-0.25, -0.2) is 9.97 Å². The van der Waals surface area contributed by atoms with E-state index in [-0.39, 0.29) is 11.8 Å². The van der Waals surface area contributed by atoms with Gasteiger partial charge in [0.15, 0.2) is 0 Å². The van der Waals surface area contributed by atoms with Crippen molar-refractivity contribution in [2.45, 2.75) is 39.7 Å². The number of nitrogens with one attached hydrogen (secondary N) is 1. The first-order valence-corrected chi connectivity index (χ1v) is 6.63. The van der Waals surface area contributed by atoms with Crippen LogP contribution < -0.4 is 5.32 Å². The maximum Gasteiger partial charge on any atom is 0.223 e. The van der Waals surface area contributed by atoms with Gasteiger partial charge in [-0.3, -0.25) is 9.69 Å². The van der Waals surface area contributed by atoms with Crippen LogP contribution in [-0.4, -0.2) is 47.3 Å². The molecule has 5 nitrogen and oxygen atoms in total. The Morgan fingerprint density at radius 1 is 1.32 bits per heavy atom. The minimum absolute atomic E-state index is 0.00182. The highest BCUT2D eigenvalue weighted by Gasteiger charge is 2.15. The second-order valence-corrected chi connectivity index (χ2v) is 5.13. The van der Waals surface area contributed by atoms with Crippen LogP contribution in [0.2, 0.25) is 0 Å². The minimum atomic E-state index is 0.00182. The van der Waals surface area contributed by atoms with Crippen molar-refractivity contribution >= 4 is 11.7 Å². The summed E-state index contributed by atoms with van der Waals surface area (Å²) in [6.45, 7) is 6.33. The molecule has 0 aliphatic rings. The molecule has 1 aromatic rings. The number of Topliss-reactive ketones (excluding diaryl/α,β-unsaturated/α-hetero) is 1. The molecule has 1 unspecified atom stereocenters. The molecular weight excluding hydrogens is 242 g/mol. The molecule has 0 aliphatic carbocycles. The Labute approximate surface area is 115 Å². The van der Waals surface area contributed by atoms with E-state index in [0.717, 1.165) is 30.8 Å². The maximum atomic E-state index is 11.5. The van der Waals surface area contributed by atoms with Crippen molar-refractivity contribution in [3.8, 4) is 0 Å². The van der Waals surface area contributed by atoms with Crippen LogP contribution in [0.4, 0.5) is 5.95 Å². The van der Waals surface area contributed by atoms with Gasteiger partial charge in [0.2, 0.25) is 5.95 Å². The Bertz CT molecular complexity index is 411. The van der Waals surface area contributed by atoms with Gasteiger partial charge in [-0.15, -0.1) is 0 Å². The molecule has 5 heteroatoms. The van der Waals surface area contributed by atoms with Crippen molar-refractivity contribution in [2.24, 2.45) is 0 Å². The van der Waals surface area contributed by atoms with Gasteiger partial charge in [-0.1, -0.05) is 0 Å². The van der Waals surface area contributed by atoms with Crippen LogP contribution in [0.1, 0.15) is 31.2 Å². The van der Waals surface area contributed by atoms with Crippen molar-refractivity contribution in [2.75, 3.05) is 26.0 Å². The third-order valence-corrected chi connectivity index (χ3v) is 3.01. The van der Waals surface area contributed by atoms with Crippen LogP contribution >= 0.6 is 0 Å². The fraction of sp³-hybridized carbons (Fsp3) is 0.643. The lowest BCUT2D eigenvalue weighted by molar-refractivity contribution is -0.121. The average Bonchev–Trinajstić information content (AvgIpc) is 2.26. The van der Waals surface area contributed by atoms with E-state index in [1.807, 2.05) is 38.9 Å². The number of hydrogen-bond donors (Lipinski definition) is 1. The zero-order valence-corrected chi connectivity index (χ0v) is 12.5. The Morgan fingerprint density at radius 2 is 1.89 bits per heavy atom. The minimum Gasteiger partial charge on any atom is -0.354 e. The van der Waals surface area contributed by atoms with Gasteiger partial charge < -0.3 is 5.32 Å². The monoisotopic (exact) mass is 266 g/mol. The summed E-state index contributed by atoms with van der Waals surface area (Å²) < 4.78 is 0. The Hall–Kier alpha value is -1.49. The second kappa shape index (κ2) is 7.19. The van der Waals surface area contributed by atoms with Gasteiger partial charge in [0.25, 0.3) is 0 Å². The number of hydrogen-bond acceptors (Lipinski definition) is 5. The number of ketones is 1. The lowest BCUT2D eigenvalue weighted by Crippen LogP contribution is -2.34. The molecule has 0 fully saturated rings. The molecule has 0 radical (unpaired) electrons. The Morgan fingerprint density at radius 3 is 2.37 bits per heavy atom. The number of rotatable bonds is 7. The van der Waals surface area contributed by atoms with Crippen LogP contribution in [0.3, 0.4) is 0 Å². The predicted molar refractivity (Wildman–Crippen MR) is 77.4 cm³/mol. The summed E-state index contributed by atoms with van der Waals surface area (Å²) in [4.78, 5) is 22.1. The molecule has 1 aromatic heterocycles. The summed E-state index contributed by atoms with van der Waals surface area (Å²) >= 11 is 0. The van der Waals surface area contributed by atoms with E-state index >= 15 is 0 Å². The quantitative estimate of drug-likeness (QED) is 0.602. The van der Waals surface area contributed by atoms with E-state index in [1.165, 1.54) is 0 Å². The third kappa shape index (κ3) is 5.34. The highest BCUT2D eigenvalue weighted by Crippen LogP contribution is 2.07. The third-order valence-electron chi connectivity index (χ3n) is 3.01. The first-order valence-electron chi connectivity index (χ1n) is 6.63. The SMILES string of the molecule is CC(=[18O])C(CCCNc1nc(C)cc(C)n1)N(C)C. The van der Waals surface area contributed by atoms with Gasteiger partial charge in [-0.2, -0.15) is 0 Å². The van der Waals surface area contributed by atoms with Crippen LogP contribution in [0.25, 0.3) is 0 Å². The topological polar surface area (TPSA) is 58.1 Å². The molecule has 106 valence electrons. The highest BCUT2D eigenvalue weighted by molar-refractivity contribution is 5.81. The standard InChI is InChI=1S/C14H24N4O/c1-10-9-11(2)17-14(16-10)15-8-6-7-13(12(3)19)18(4)5/h9,13H,6-8H2,1-5H3,(H,15,16,17)/i19+2. The van der Waals surface area contributed by atoms with Crippen molar-refractivity contribution in [1.82, 2.24) is 14.9 Å². The molecule has 0 aromatic carbocycles. The zero-order chi connectivity index (χ0) is 14.4. The van der Waals surface area contributed by atoms with Gasteiger partial charge >= 0.3 is 0 Å². The van der Waals surface area contributed by atoms with Gasteiger partial charge in [-0.05, 0) is 53.8 Å². The Balaban J connectivity index is 2.40. The molecular formula is C14H24N4O. The molecule has 1 N–H and O–H groups in total. The highest BCUT2D eigenvalue weighted by atomic mass is 18.1. The molecule has 0 saturated heterocycles. The van der Waals surface area contributed by atoms with Crippen molar-refractivity contribution in [1.29, 1.82) is 0 Å². The van der Waals surface area contributed by atoms with E-state index in [9.17, 15) is 4.79 Å². The molecule has 0 spiro atoms. The van der Waals surface area contributed by atoms with Gasteiger partial charge in [0.1, 0.15) is 5.78 Å². The smallest absolute Gasteiger partial charge is 0.223 e. The fourth-order valence-electron chi connectivity index (χ4n) is 2.13. The van der Waals surface area contributed by atoms with Crippen molar-refractivity contribution in [3.63, 3.8) is 0 Å². The number of aromatic nitrogens is 2. The van der Waals surface area contributed by atoms with E-state index in [2.05, 4.69) is 15.3 Å². The number of anilines is 1. The molecule has 1 atom stereocenters. The number of aryl methyl sites for hydroxylation is 2. The summed E-state index contributed by atoms with van der Waals surface area (Å²) in [5.74, 6) is 0.884. The maximum absolute atomic E-state index is 11.5. The van der Waals surface area contributed by atoms with Gasteiger partial charge in [0.05, 0.1) is 6.04 Å². The average molecular weight is 266 g/mol. The van der Waals surface area contributed by atoms with Crippen molar-refractivity contribution in [3.05, 3.63) is 17.5 Å².